The Hall–Kier alpha value is -1.84. The number of nitrogens with zero attached hydrogens (tertiary/aromatic N) is 2. The molecule has 1 saturated heterocycles. The van der Waals surface area contributed by atoms with Crippen LogP contribution in [0.4, 0.5) is 22.4 Å². The molecule has 5 nitrogen and oxygen atoms in total. The first-order chi connectivity index (χ1) is 12.1. The number of carbonyl (C=O) groups excluding carboxylic acids is 2. The second kappa shape index (κ2) is 8.24. The lowest BCUT2D eigenvalue weighted by Crippen LogP contribution is -2.45. The van der Waals surface area contributed by atoms with Gasteiger partial charge in [0.25, 0.3) is 0 Å². The molecular formula is C16H17BrF4N2O3. The highest BCUT2D eigenvalue weighted by Gasteiger charge is 2.30. The maximum absolute atomic E-state index is 13.8. The van der Waals surface area contributed by atoms with Gasteiger partial charge in [-0.2, -0.15) is 0 Å². The molecule has 2 amide bonds. The molecule has 1 aliphatic rings. The van der Waals surface area contributed by atoms with E-state index in [1.54, 1.807) is 19.0 Å². The first kappa shape index (κ1) is 20.5. The predicted octanol–water partition coefficient (Wildman–Crippen LogP) is 3.44. The lowest BCUT2D eigenvalue weighted by molar-refractivity contribution is -0.151. The molecule has 1 aromatic carbocycles. The van der Waals surface area contributed by atoms with E-state index < -0.39 is 51.8 Å². The molecule has 26 heavy (non-hydrogen) atoms. The van der Waals surface area contributed by atoms with Gasteiger partial charge in [0.1, 0.15) is 6.61 Å². The number of rotatable bonds is 3. The van der Waals surface area contributed by atoms with Crippen molar-refractivity contribution in [2.24, 2.45) is 5.92 Å². The van der Waals surface area contributed by atoms with Crippen molar-refractivity contribution < 1.29 is 31.9 Å². The number of esters is 1. The van der Waals surface area contributed by atoms with Gasteiger partial charge >= 0.3 is 12.0 Å². The van der Waals surface area contributed by atoms with Crippen LogP contribution in [0.15, 0.2) is 4.47 Å². The minimum atomic E-state index is -1.62. The normalized spacial score (nSPS) is 15.1. The van der Waals surface area contributed by atoms with Gasteiger partial charge in [0, 0.05) is 27.2 Å². The summed E-state index contributed by atoms with van der Waals surface area (Å²) in [5.41, 5.74) is -0.989. The molecule has 0 saturated carbocycles. The van der Waals surface area contributed by atoms with E-state index in [2.05, 4.69) is 15.9 Å². The van der Waals surface area contributed by atoms with E-state index in [1.807, 2.05) is 0 Å². The molecule has 1 fully saturated rings. The third-order valence-corrected chi connectivity index (χ3v) is 4.84. The Balaban J connectivity index is 1.98. The van der Waals surface area contributed by atoms with Crippen molar-refractivity contribution >= 4 is 27.9 Å². The molecule has 1 aromatic rings. The molecule has 2 rings (SSSR count). The van der Waals surface area contributed by atoms with Crippen LogP contribution in [0.25, 0.3) is 0 Å². The minimum absolute atomic E-state index is 0.179. The predicted molar refractivity (Wildman–Crippen MR) is 87.2 cm³/mol. The van der Waals surface area contributed by atoms with Gasteiger partial charge in [-0.1, -0.05) is 0 Å². The van der Waals surface area contributed by atoms with Crippen LogP contribution < -0.4 is 0 Å². The number of likely N-dealkylation sites (tertiary alicyclic amines) is 1. The number of urea groups is 1. The van der Waals surface area contributed by atoms with Crippen LogP contribution in [0.5, 0.6) is 0 Å². The lowest BCUT2D eigenvalue weighted by Gasteiger charge is -2.32. The van der Waals surface area contributed by atoms with Crippen molar-refractivity contribution in [2.75, 3.05) is 27.2 Å². The topological polar surface area (TPSA) is 49.9 Å². The van der Waals surface area contributed by atoms with Gasteiger partial charge < -0.3 is 14.5 Å². The van der Waals surface area contributed by atoms with Crippen molar-refractivity contribution in [1.29, 1.82) is 0 Å². The number of hydrogen-bond donors (Lipinski definition) is 0. The molecule has 0 radical (unpaired) electrons. The Bertz CT molecular complexity index is 693. The third-order valence-electron chi connectivity index (χ3n) is 4.14. The Morgan fingerprint density at radius 1 is 1.08 bits per heavy atom. The average molecular weight is 441 g/mol. The van der Waals surface area contributed by atoms with E-state index in [1.165, 1.54) is 4.90 Å². The molecule has 1 aliphatic heterocycles. The molecule has 144 valence electrons. The van der Waals surface area contributed by atoms with E-state index in [-0.39, 0.29) is 6.03 Å². The van der Waals surface area contributed by atoms with Crippen LogP contribution >= 0.6 is 15.9 Å². The fourth-order valence-corrected chi connectivity index (χ4v) is 2.98. The minimum Gasteiger partial charge on any atom is -0.460 e. The summed E-state index contributed by atoms with van der Waals surface area (Å²) in [7, 11) is 3.23. The molecule has 0 N–H and O–H groups in total. The summed E-state index contributed by atoms with van der Waals surface area (Å²) < 4.78 is 58.4. The van der Waals surface area contributed by atoms with Crippen LogP contribution in [0.1, 0.15) is 18.4 Å². The fraction of sp³-hybridized carbons (Fsp3) is 0.500. The molecule has 0 spiro atoms. The van der Waals surface area contributed by atoms with Crippen molar-refractivity contribution in [3.63, 3.8) is 0 Å². The van der Waals surface area contributed by atoms with Gasteiger partial charge in [-0.25, -0.2) is 22.4 Å². The zero-order valence-electron chi connectivity index (χ0n) is 14.1. The number of amides is 2. The molecule has 0 bridgehead atoms. The largest absolute Gasteiger partial charge is 0.460 e. The van der Waals surface area contributed by atoms with Gasteiger partial charge in [0.05, 0.1) is 16.0 Å². The summed E-state index contributed by atoms with van der Waals surface area (Å²) in [5, 5.41) is 0. The second-order valence-corrected chi connectivity index (χ2v) is 6.89. The Morgan fingerprint density at radius 3 is 2.04 bits per heavy atom. The first-order valence-electron chi connectivity index (χ1n) is 7.78. The van der Waals surface area contributed by atoms with E-state index >= 15 is 0 Å². The zero-order chi connectivity index (χ0) is 19.6. The summed E-state index contributed by atoms with van der Waals surface area (Å²) in [6.07, 6.45) is 0.652. The first-order valence-corrected chi connectivity index (χ1v) is 8.57. The van der Waals surface area contributed by atoms with Crippen LogP contribution in [0, 0.1) is 29.2 Å². The molecule has 0 unspecified atom stereocenters. The number of halogens is 5. The SMILES string of the molecule is CN(C)C(=O)N1CCC(C(=O)OCc2c(F)c(F)c(Br)c(F)c2F)CC1. The van der Waals surface area contributed by atoms with Crippen LogP contribution in [0.2, 0.25) is 0 Å². The maximum atomic E-state index is 13.8. The molecule has 0 aliphatic carbocycles. The standard InChI is InChI=1S/C16H17BrF4N2O3/c1-22(2)16(25)23-5-3-8(4-6-23)15(24)26-7-9-11(18)13(20)10(17)14(21)12(9)19/h8H,3-7H2,1-2H3. The quantitative estimate of drug-likeness (QED) is 0.313. The molecule has 10 heteroatoms. The van der Waals surface area contributed by atoms with Gasteiger partial charge in [0.15, 0.2) is 23.3 Å². The Kier molecular flexibility index (Phi) is 6.48. The molecular weight excluding hydrogens is 424 g/mol. The molecule has 0 atom stereocenters. The van der Waals surface area contributed by atoms with Gasteiger partial charge in [-0.05, 0) is 28.8 Å². The number of piperidine rings is 1. The van der Waals surface area contributed by atoms with Gasteiger partial charge in [-0.15, -0.1) is 0 Å². The van der Waals surface area contributed by atoms with Crippen LogP contribution in [-0.2, 0) is 16.1 Å². The van der Waals surface area contributed by atoms with Crippen molar-refractivity contribution in [3.8, 4) is 0 Å². The highest BCUT2D eigenvalue weighted by Crippen LogP contribution is 2.29. The van der Waals surface area contributed by atoms with Crippen LogP contribution in [-0.4, -0.2) is 49.0 Å². The van der Waals surface area contributed by atoms with Crippen molar-refractivity contribution in [3.05, 3.63) is 33.3 Å². The second-order valence-electron chi connectivity index (χ2n) is 6.09. The number of ether oxygens (including phenoxy) is 1. The van der Waals surface area contributed by atoms with E-state index in [0.717, 1.165) is 0 Å². The Labute approximate surface area is 156 Å². The summed E-state index contributed by atoms with van der Waals surface area (Å²) in [5.74, 6) is -7.71. The van der Waals surface area contributed by atoms with E-state index in [0.29, 0.717) is 25.9 Å². The van der Waals surface area contributed by atoms with Gasteiger partial charge in [-0.3, -0.25) is 4.79 Å². The summed E-state index contributed by atoms with van der Waals surface area (Å²) in [6, 6.07) is -0.179. The van der Waals surface area contributed by atoms with E-state index in [4.69, 9.17) is 4.74 Å². The van der Waals surface area contributed by atoms with Crippen LogP contribution in [0.3, 0.4) is 0 Å². The molecule has 0 aromatic heterocycles. The average Bonchev–Trinajstić information content (AvgIpc) is 2.64. The zero-order valence-corrected chi connectivity index (χ0v) is 15.7. The fourth-order valence-electron chi connectivity index (χ4n) is 2.63. The Morgan fingerprint density at radius 2 is 1.58 bits per heavy atom. The monoisotopic (exact) mass is 440 g/mol. The highest BCUT2D eigenvalue weighted by molar-refractivity contribution is 9.10. The summed E-state index contributed by atoms with van der Waals surface area (Å²) in [6.45, 7) is -0.253. The number of carbonyl (C=O) groups is 2. The third kappa shape index (κ3) is 4.11. The van der Waals surface area contributed by atoms with Gasteiger partial charge in [0.2, 0.25) is 0 Å². The molecule has 1 heterocycles. The van der Waals surface area contributed by atoms with E-state index in [9.17, 15) is 27.2 Å². The van der Waals surface area contributed by atoms with Crippen molar-refractivity contribution in [2.45, 2.75) is 19.4 Å². The lowest BCUT2D eigenvalue weighted by atomic mass is 9.97. The summed E-state index contributed by atoms with van der Waals surface area (Å²) >= 11 is 2.41. The number of benzene rings is 1. The van der Waals surface area contributed by atoms with Crippen molar-refractivity contribution in [1.82, 2.24) is 9.80 Å². The highest BCUT2D eigenvalue weighted by atomic mass is 79.9. The number of hydrogen-bond acceptors (Lipinski definition) is 3. The maximum Gasteiger partial charge on any atom is 0.319 e. The summed E-state index contributed by atoms with van der Waals surface area (Å²) in [4.78, 5) is 26.9. The smallest absolute Gasteiger partial charge is 0.319 e.